The van der Waals surface area contributed by atoms with Crippen LogP contribution in [0.5, 0.6) is 0 Å². The summed E-state index contributed by atoms with van der Waals surface area (Å²) in [6.45, 7) is 3.04. The molecule has 0 fully saturated rings. The first kappa shape index (κ1) is 55.2. The molecule has 7 amide bonds. The highest BCUT2D eigenvalue weighted by Crippen LogP contribution is 2.12. The predicted octanol–water partition coefficient (Wildman–Crippen LogP) is 1.06. The van der Waals surface area contributed by atoms with Crippen LogP contribution in [-0.2, 0) is 74.9 Å². The highest BCUT2D eigenvalue weighted by atomic mass is 16.5. The summed E-state index contributed by atoms with van der Waals surface area (Å²) in [5.74, 6) is -4.85. The molecule has 1 aliphatic heterocycles. The minimum Gasteiger partial charge on any atom is -0.382 e. The molecule has 0 aliphatic carbocycles. The summed E-state index contributed by atoms with van der Waals surface area (Å²) in [6.07, 6.45) is 1.86. The van der Waals surface area contributed by atoms with Crippen molar-refractivity contribution in [2.75, 3.05) is 73.5 Å². The number of nitrogens with one attached hydrogen (secondary N) is 5. The number of methoxy groups -OCH3 is 2. The van der Waals surface area contributed by atoms with Crippen LogP contribution in [0.25, 0.3) is 0 Å². The van der Waals surface area contributed by atoms with E-state index in [0.29, 0.717) is 71.1 Å². The first-order valence-electron chi connectivity index (χ1n) is 22.6. The Morgan fingerprint density at radius 3 is 1.43 bits per heavy atom. The SMILES string of the molecule is COCCOCCCNC(=O)CCC(=O)C(Cc1ccccc1)NC(=O)CCC(NC(=O)CCN1C(=O)C=CC1=O)C(=O)NC(Cc1ccccc1)C(=O)CCC(=O)NCCCOCCOC. The third kappa shape index (κ3) is 23.2. The Morgan fingerprint density at radius 2 is 0.955 bits per heavy atom. The number of carbonyl (C=O) groups excluding carboxylic acids is 9. The fourth-order valence-corrected chi connectivity index (χ4v) is 6.70. The van der Waals surface area contributed by atoms with Crippen LogP contribution in [-0.4, -0.2) is 149 Å². The summed E-state index contributed by atoms with van der Waals surface area (Å²) in [7, 11) is 3.14. The number of Topliss-reactive ketones (excluding diaryl/α,β-unsaturated/α-hetero) is 2. The zero-order chi connectivity index (χ0) is 48.7. The molecule has 3 unspecified atom stereocenters. The molecule has 3 rings (SSSR count). The first-order valence-corrected chi connectivity index (χ1v) is 22.6. The molecule has 2 aromatic rings. The lowest BCUT2D eigenvalue weighted by Crippen LogP contribution is -2.53. The largest absolute Gasteiger partial charge is 0.382 e. The van der Waals surface area contributed by atoms with Crippen LogP contribution in [0.15, 0.2) is 72.8 Å². The second-order valence-electron chi connectivity index (χ2n) is 15.7. The van der Waals surface area contributed by atoms with Crippen molar-refractivity contribution in [2.24, 2.45) is 0 Å². The van der Waals surface area contributed by atoms with Gasteiger partial charge in [-0.15, -0.1) is 0 Å². The van der Waals surface area contributed by atoms with Gasteiger partial charge in [-0.1, -0.05) is 60.7 Å². The van der Waals surface area contributed by atoms with E-state index in [1.807, 2.05) is 6.07 Å². The molecule has 0 saturated heterocycles. The summed E-state index contributed by atoms with van der Waals surface area (Å²) in [4.78, 5) is 119. The number of imide groups is 1. The van der Waals surface area contributed by atoms with Gasteiger partial charge < -0.3 is 45.5 Å². The maximum Gasteiger partial charge on any atom is 0.253 e. The van der Waals surface area contributed by atoms with E-state index in [4.69, 9.17) is 18.9 Å². The molecule has 0 spiro atoms. The van der Waals surface area contributed by atoms with Crippen LogP contribution in [0.4, 0.5) is 0 Å². The zero-order valence-electron chi connectivity index (χ0n) is 38.6. The number of hydrogen-bond acceptors (Lipinski definition) is 13. The molecule has 0 saturated carbocycles. The Morgan fingerprint density at radius 1 is 0.507 bits per heavy atom. The average molecular weight is 935 g/mol. The normalized spacial score (nSPS) is 13.4. The van der Waals surface area contributed by atoms with Crippen molar-refractivity contribution >= 4 is 52.9 Å². The Balaban J connectivity index is 1.70. The second kappa shape index (κ2) is 32.5. The van der Waals surface area contributed by atoms with Gasteiger partial charge in [0.25, 0.3) is 11.8 Å². The standard InChI is InChI=1S/C48H66N6O13/c1-64-29-31-66-27-9-24-49-42(57)19-16-40(55)38(33-35-11-5-3-6-12-35)52-44(59)18-15-37(51-45(60)23-26-54-46(61)21-22-47(54)62)48(63)53-39(34-36-13-7-4-8-14-36)41(56)17-20-43(58)50-25-10-28-67-32-30-65-2/h3-8,11-14,21-22,37-39H,9-10,15-20,23-34H2,1-2H3,(H,49,57)(H,50,58)(H,51,60)(H,52,59)(H,53,63). The van der Waals surface area contributed by atoms with Crippen molar-refractivity contribution < 1.29 is 62.1 Å². The third-order valence-electron chi connectivity index (χ3n) is 10.4. The van der Waals surface area contributed by atoms with E-state index in [1.54, 1.807) is 68.8 Å². The van der Waals surface area contributed by atoms with Crippen molar-refractivity contribution in [3.63, 3.8) is 0 Å². The summed E-state index contributed by atoms with van der Waals surface area (Å²) >= 11 is 0. The van der Waals surface area contributed by atoms with Crippen molar-refractivity contribution in [1.29, 1.82) is 0 Å². The summed E-state index contributed by atoms with van der Waals surface area (Å²) < 4.78 is 20.7. The lowest BCUT2D eigenvalue weighted by Gasteiger charge is -2.24. The van der Waals surface area contributed by atoms with Gasteiger partial charge in [0, 0.05) is 97.7 Å². The van der Waals surface area contributed by atoms with E-state index in [2.05, 4.69) is 26.6 Å². The van der Waals surface area contributed by atoms with Gasteiger partial charge in [-0.25, -0.2) is 0 Å². The van der Waals surface area contributed by atoms with Gasteiger partial charge in [-0.05, 0) is 43.2 Å². The van der Waals surface area contributed by atoms with Crippen LogP contribution in [0.1, 0.15) is 68.9 Å². The zero-order valence-corrected chi connectivity index (χ0v) is 38.6. The maximum absolute atomic E-state index is 14.1. The monoisotopic (exact) mass is 934 g/mol. The van der Waals surface area contributed by atoms with Gasteiger partial charge in [-0.3, -0.25) is 48.1 Å². The minimum absolute atomic E-state index is 0.0593. The van der Waals surface area contributed by atoms with Crippen LogP contribution < -0.4 is 26.6 Å². The quantitative estimate of drug-likeness (QED) is 0.0474. The Labute approximate surface area is 391 Å². The molecule has 19 heteroatoms. The van der Waals surface area contributed by atoms with E-state index < -0.39 is 53.4 Å². The number of hydrogen-bond donors (Lipinski definition) is 5. The molecule has 67 heavy (non-hydrogen) atoms. The number of carbonyl (C=O) groups is 9. The number of benzene rings is 2. The number of nitrogens with zero attached hydrogens (tertiary/aromatic N) is 1. The molecule has 0 radical (unpaired) electrons. The van der Waals surface area contributed by atoms with Crippen LogP contribution in [0.3, 0.4) is 0 Å². The number of ether oxygens (including phenoxy) is 4. The van der Waals surface area contributed by atoms with Gasteiger partial charge in [-0.2, -0.15) is 0 Å². The van der Waals surface area contributed by atoms with Crippen LogP contribution >= 0.6 is 0 Å². The summed E-state index contributed by atoms with van der Waals surface area (Å²) in [5.41, 5.74) is 1.46. The second-order valence-corrected chi connectivity index (χ2v) is 15.7. The number of amides is 7. The highest BCUT2D eigenvalue weighted by Gasteiger charge is 2.30. The fraction of sp³-hybridized carbons (Fsp3) is 0.521. The molecule has 366 valence electrons. The average Bonchev–Trinajstić information content (AvgIpc) is 3.65. The van der Waals surface area contributed by atoms with E-state index in [1.165, 1.54) is 0 Å². The molecule has 5 N–H and O–H groups in total. The molecule has 0 aromatic heterocycles. The fourth-order valence-electron chi connectivity index (χ4n) is 6.70. The number of rotatable bonds is 36. The van der Waals surface area contributed by atoms with Crippen LogP contribution in [0, 0.1) is 0 Å². The number of ketones is 2. The van der Waals surface area contributed by atoms with E-state index in [-0.39, 0.29) is 81.9 Å². The molecule has 19 nitrogen and oxygen atoms in total. The molecule has 0 bridgehead atoms. The van der Waals surface area contributed by atoms with E-state index >= 15 is 0 Å². The third-order valence-corrected chi connectivity index (χ3v) is 10.4. The Bertz CT molecular complexity index is 1910. The van der Waals surface area contributed by atoms with Gasteiger partial charge in [0.05, 0.1) is 38.5 Å². The highest BCUT2D eigenvalue weighted by molar-refractivity contribution is 6.13. The van der Waals surface area contributed by atoms with Gasteiger partial charge >= 0.3 is 0 Å². The van der Waals surface area contributed by atoms with Crippen molar-refractivity contribution in [3.8, 4) is 0 Å². The smallest absolute Gasteiger partial charge is 0.253 e. The van der Waals surface area contributed by atoms with Gasteiger partial charge in [0.15, 0.2) is 11.6 Å². The molecular formula is C48H66N6O13. The molecule has 3 atom stereocenters. The molecule has 1 heterocycles. The Kier molecular flexibility index (Phi) is 26.8. The topological polar surface area (TPSA) is 254 Å². The first-order chi connectivity index (χ1) is 32.4. The predicted molar refractivity (Wildman–Crippen MR) is 245 cm³/mol. The molecular weight excluding hydrogens is 869 g/mol. The van der Waals surface area contributed by atoms with Gasteiger partial charge in [0.2, 0.25) is 29.5 Å². The maximum atomic E-state index is 14.1. The summed E-state index contributed by atoms with van der Waals surface area (Å²) in [5, 5.41) is 13.6. The van der Waals surface area contributed by atoms with Gasteiger partial charge in [0.1, 0.15) is 6.04 Å². The van der Waals surface area contributed by atoms with Crippen molar-refractivity contribution in [3.05, 3.63) is 83.9 Å². The minimum atomic E-state index is -1.39. The van der Waals surface area contributed by atoms with E-state index in [9.17, 15) is 43.2 Å². The van der Waals surface area contributed by atoms with Crippen LogP contribution in [0.2, 0.25) is 0 Å². The van der Waals surface area contributed by atoms with Crippen molar-refractivity contribution in [1.82, 2.24) is 31.5 Å². The summed E-state index contributed by atoms with van der Waals surface area (Å²) in [6, 6.07) is 14.3. The lowest BCUT2D eigenvalue weighted by atomic mass is 9.98. The molecule has 1 aliphatic rings. The lowest BCUT2D eigenvalue weighted by molar-refractivity contribution is -0.138. The van der Waals surface area contributed by atoms with Crippen molar-refractivity contribution in [2.45, 2.75) is 88.8 Å². The molecule has 2 aromatic carbocycles. The van der Waals surface area contributed by atoms with E-state index in [0.717, 1.165) is 22.6 Å². The Hall–Kier alpha value is -6.15.